The zero-order valence-corrected chi connectivity index (χ0v) is 16.8. The second-order valence-corrected chi connectivity index (χ2v) is 8.18. The predicted molar refractivity (Wildman–Crippen MR) is 107 cm³/mol. The lowest BCUT2D eigenvalue weighted by Crippen LogP contribution is -2.37. The fourth-order valence-electron chi connectivity index (χ4n) is 4.05. The molecule has 0 bridgehead atoms. The molecule has 0 saturated carbocycles. The van der Waals surface area contributed by atoms with E-state index in [0.717, 1.165) is 29.6 Å². The van der Waals surface area contributed by atoms with Gasteiger partial charge in [-0.2, -0.15) is 0 Å². The molecule has 1 amide bonds. The van der Waals surface area contributed by atoms with Gasteiger partial charge in [0.2, 0.25) is 5.91 Å². The highest BCUT2D eigenvalue weighted by molar-refractivity contribution is 9.10. The van der Waals surface area contributed by atoms with Gasteiger partial charge in [-0.05, 0) is 53.8 Å². The van der Waals surface area contributed by atoms with Gasteiger partial charge in [0.25, 0.3) is 0 Å². The van der Waals surface area contributed by atoms with Gasteiger partial charge in [0, 0.05) is 29.2 Å². The largest absolute Gasteiger partial charge is 0.494 e. The summed E-state index contributed by atoms with van der Waals surface area (Å²) in [6, 6.07) is 14.9. The van der Waals surface area contributed by atoms with Crippen LogP contribution in [0, 0.1) is 0 Å². The number of benzene rings is 2. The van der Waals surface area contributed by atoms with E-state index in [1.165, 1.54) is 16.7 Å². The van der Waals surface area contributed by atoms with E-state index >= 15 is 0 Å². The van der Waals surface area contributed by atoms with Crippen LogP contribution in [-0.2, 0) is 4.79 Å². The average Bonchev–Trinajstić information content (AvgIpc) is 3.03. The molecular weight excluding hydrogens is 414 g/mol. The number of alkyl halides is 1. The molecule has 1 saturated heterocycles. The lowest BCUT2D eigenvalue weighted by Gasteiger charge is -2.38. The van der Waals surface area contributed by atoms with Crippen LogP contribution in [0.4, 0.5) is 0 Å². The lowest BCUT2D eigenvalue weighted by molar-refractivity contribution is -0.129. The van der Waals surface area contributed by atoms with E-state index in [9.17, 15) is 4.79 Å². The molecule has 136 valence electrons. The number of ether oxygens (including phenoxy) is 1. The third kappa shape index (κ3) is 3.37. The first kappa shape index (κ1) is 17.9. The molecule has 4 rings (SSSR count). The molecule has 26 heavy (non-hydrogen) atoms. The Morgan fingerprint density at radius 1 is 1.15 bits per heavy atom. The molecule has 2 aromatic carbocycles. The molecule has 5 heteroatoms. The molecular formula is C21H21BrClNO2. The maximum Gasteiger partial charge on any atom is 0.223 e. The first-order chi connectivity index (χ1) is 12.7. The Hall–Kier alpha value is -1.52. The molecule has 2 aromatic rings. The van der Waals surface area contributed by atoms with Crippen molar-refractivity contribution >= 4 is 33.4 Å². The molecule has 2 aliphatic heterocycles. The first-order valence-corrected chi connectivity index (χ1v) is 10.4. The summed E-state index contributed by atoms with van der Waals surface area (Å²) < 4.78 is 6.94. The topological polar surface area (TPSA) is 29.5 Å². The molecule has 2 aliphatic rings. The van der Waals surface area contributed by atoms with Crippen LogP contribution in [0.5, 0.6) is 5.75 Å². The van der Waals surface area contributed by atoms with Gasteiger partial charge >= 0.3 is 0 Å². The van der Waals surface area contributed by atoms with Crippen LogP contribution >= 0.6 is 27.5 Å². The summed E-state index contributed by atoms with van der Waals surface area (Å²) in [6.45, 7) is 1.36. The summed E-state index contributed by atoms with van der Waals surface area (Å²) in [4.78, 5) is 14.4. The molecule has 0 N–H and O–H groups in total. The van der Waals surface area contributed by atoms with Gasteiger partial charge in [-0.15, -0.1) is 11.6 Å². The number of hydrogen-bond donors (Lipinski definition) is 0. The summed E-state index contributed by atoms with van der Waals surface area (Å²) in [7, 11) is 0. The van der Waals surface area contributed by atoms with Gasteiger partial charge < -0.3 is 9.64 Å². The Morgan fingerprint density at radius 2 is 1.96 bits per heavy atom. The molecule has 0 radical (unpaired) electrons. The second kappa shape index (κ2) is 7.61. The predicted octanol–water partition coefficient (Wildman–Crippen LogP) is 5.27. The fraction of sp³-hybridized carbons (Fsp3) is 0.381. The Morgan fingerprint density at radius 3 is 2.73 bits per heavy atom. The SMILES string of the molecule is O=C1CC[C@H]2c3ccc(OCCCCl)cc3[C@H](c3ccc(Br)cc3)CN12. The number of halogens is 2. The molecule has 0 unspecified atom stereocenters. The van der Waals surface area contributed by atoms with Crippen molar-refractivity contribution in [2.45, 2.75) is 31.2 Å². The number of fused-ring (bicyclic) bond motifs is 3. The van der Waals surface area contributed by atoms with E-state index in [1.807, 2.05) is 6.07 Å². The van der Waals surface area contributed by atoms with Crippen LogP contribution < -0.4 is 4.74 Å². The van der Waals surface area contributed by atoms with E-state index in [0.29, 0.717) is 18.9 Å². The number of amides is 1. The van der Waals surface area contributed by atoms with Crippen molar-refractivity contribution in [2.75, 3.05) is 19.0 Å². The Balaban J connectivity index is 1.72. The molecule has 0 aliphatic carbocycles. The first-order valence-electron chi connectivity index (χ1n) is 9.05. The number of carbonyl (C=O) groups excluding carboxylic acids is 1. The summed E-state index contributed by atoms with van der Waals surface area (Å²) in [5, 5.41) is 0. The summed E-state index contributed by atoms with van der Waals surface area (Å²) in [6.07, 6.45) is 2.39. The maximum atomic E-state index is 12.4. The highest BCUT2D eigenvalue weighted by Crippen LogP contribution is 2.45. The van der Waals surface area contributed by atoms with Crippen molar-refractivity contribution in [3.05, 3.63) is 63.6 Å². The number of rotatable bonds is 5. The van der Waals surface area contributed by atoms with Crippen molar-refractivity contribution < 1.29 is 9.53 Å². The van der Waals surface area contributed by atoms with E-state index in [1.54, 1.807) is 0 Å². The smallest absolute Gasteiger partial charge is 0.223 e. The lowest BCUT2D eigenvalue weighted by atomic mass is 9.81. The van der Waals surface area contributed by atoms with Gasteiger partial charge in [0.15, 0.2) is 0 Å². The molecule has 2 atom stereocenters. The molecule has 3 nitrogen and oxygen atoms in total. The quantitative estimate of drug-likeness (QED) is 0.474. The van der Waals surface area contributed by atoms with E-state index in [2.05, 4.69) is 57.2 Å². The second-order valence-electron chi connectivity index (χ2n) is 6.89. The van der Waals surface area contributed by atoms with Crippen molar-refractivity contribution in [1.82, 2.24) is 4.90 Å². The van der Waals surface area contributed by atoms with Gasteiger partial charge in [0.1, 0.15) is 5.75 Å². The standard InChI is InChI=1S/C21H21BrClNO2/c22-15-4-2-14(3-5-15)19-13-24-20(8-9-21(24)25)17-7-6-16(12-18(17)19)26-11-1-10-23/h2-7,12,19-20H,1,8-11,13H2/t19-,20-/m0/s1. The van der Waals surface area contributed by atoms with Gasteiger partial charge in [-0.25, -0.2) is 0 Å². The highest BCUT2D eigenvalue weighted by atomic mass is 79.9. The van der Waals surface area contributed by atoms with Crippen LogP contribution in [0.25, 0.3) is 0 Å². The third-order valence-corrected chi connectivity index (χ3v) is 6.12. The zero-order chi connectivity index (χ0) is 18.1. The van der Waals surface area contributed by atoms with E-state index in [-0.39, 0.29) is 17.9 Å². The van der Waals surface area contributed by atoms with Crippen LogP contribution in [0.15, 0.2) is 46.9 Å². The Kier molecular flexibility index (Phi) is 5.23. The molecule has 0 spiro atoms. The number of hydrogen-bond acceptors (Lipinski definition) is 2. The minimum absolute atomic E-state index is 0.174. The minimum atomic E-state index is 0.174. The zero-order valence-electron chi connectivity index (χ0n) is 14.5. The molecule has 2 heterocycles. The minimum Gasteiger partial charge on any atom is -0.494 e. The van der Waals surface area contributed by atoms with E-state index < -0.39 is 0 Å². The van der Waals surface area contributed by atoms with Crippen LogP contribution in [-0.4, -0.2) is 29.8 Å². The monoisotopic (exact) mass is 433 g/mol. The summed E-state index contributed by atoms with van der Waals surface area (Å²) in [5.41, 5.74) is 3.77. The normalized spacial score (nSPS) is 21.5. The number of nitrogens with zero attached hydrogens (tertiary/aromatic N) is 1. The van der Waals surface area contributed by atoms with Crippen molar-refractivity contribution in [3.8, 4) is 5.75 Å². The third-order valence-electron chi connectivity index (χ3n) is 5.32. The van der Waals surface area contributed by atoms with Crippen LogP contribution in [0.3, 0.4) is 0 Å². The van der Waals surface area contributed by atoms with Crippen molar-refractivity contribution in [2.24, 2.45) is 0 Å². The Bertz CT molecular complexity index is 808. The van der Waals surface area contributed by atoms with Crippen molar-refractivity contribution in [1.29, 1.82) is 0 Å². The molecule has 1 fully saturated rings. The van der Waals surface area contributed by atoms with Crippen LogP contribution in [0.2, 0.25) is 0 Å². The fourth-order valence-corrected chi connectivity index (χ4v) is 4.43. The van der Waals surface area contributed by atoms with Gasteiger partial charge in [-0.3, -0.25) is 4.79 Å². The summed E-state index contributed by atoms with van der Waals surface area (Å²) >= 11 is 9.26. The van der Waals surface area contributed by atoms with Crippen LogP contribution in [0.1, 0.15) is 47.9 Å². The van der Waals surface area contributed by atoms with E-state index in [4.69, 9.17) is 16.3 Å². The maximum absolute atomic E-state index is 12.4. The highest BCUT2D eigenvalue weighted by Gasteiger charge is 2.40. The Labute approximate surface area is 167 Å². The molecule has 0 aromatic heterocycles. The number of carbonyl (C=O) groups is 1. The summed E-state index contributed by atoms with van der Waals surface area (Å²) in [5.74, 6) is 1.93. The van der Waals surface area contributed by atoms with Gasteiger partial charge in [0.05, 0.1) is 12.6 Å². The van der Waals surface area contributed by atoms with Crippen molar-refractivity contribution in [3.63, 3.8) is 0 Å². The van der Waals surface area contributed by atoms with Gasteiger partial charge in [-0.1, -0.05) is 34.1 Å². The average molecular weight is 435 g/mol.